The molecule has 0 aliphatic carbocycles. The molecule has 0 unspecified atom stereocenters. The van der Waals surface area contributed by atoms with E-state index in [2.05, 4.69) is 20.7 Å². The number of rotatable bonds is 8. The van der Waals surface area contributed by atoms with Gasteiger partial charge in [0, 0.05) is 21.3 Å². The van der Waals surface area contributed by atoms with Crippen LogP contribution in [-0.2, 0) is 11.4 Å². The summed E-state index contributed by atoms with van der Waals surface area (Å²) in [5, 5.41) is 11.6. The fourth-order valence-electron chi connectivity index (χ4n) is 4.40. The molecule has 2 heterocycles. The first kappa shape index (κ1) is 26.4. The van der Waals surface area contributed by atoms with Gasteiger partial charge in [-0.2, -0.15) is 10.1 Å². The second-order valence-electron chi connectivity index (χ2n) is 8.68. The van der Waals surface area contributed by atoms with Gasteiger partial charge in [-0.3, -0.25) is 4.79 Å². The van der Waals surface area contributed by atoms with Crippen LogP contribution in [0.3, 0.4) is 0 Å². The fraction of sp³-hybridized carbons (Fsp3) is 0.179. The van der Waals surface area contributed by atoms with Crippen molar-refractivity contribution in [1.82, 2.24) is 14.8 Å². The van der Waals surface area contributed by atoms with Gasteiger partial charge in [-0.15, -0.1) is 0 Å². The van der Waals surface area contributed by atoms with E-state index in [1.165, 1.54) is 6.33 Å². The van der Waals surface area contributed by atoms with E-state index in [4.69, 9.17) is 37.4 Å². The lowest BCUT2D eigenvalue weighted by Gasteiger charge is -2.29. The smallest absolute Gasteiger partial charge is 0.255 e. The average Bonchev–Trinajstić information content (AvgIpc) is 3.40. The first-order valence-electron chi connectivity index (χ1n) is 12.0. The van der Waals surface area contributed by atoms with Crippen LogP contribution >= 0.6 is 23.2 Å². The maximum Gasteiger partial charge on any atom is 0.255 e. The summed E-state index contributed by atoms with van der Waals surface area (Å²) in [7, 11) is 3.11. The summed E-state index contributed by atoms with van der Waals surface area (Å²) in [6, 6.07) is 17.4. The van der Waals surface area contributed by atoms with Gasteiger partial charge in [-0.25, -0.2) is 4.68 Å². The zero-order valence-electron chi connectivity index (χ0n) is 21.4. The minimum absolute atomic E-state index is 0.220. The normalized spacial score (nSPS) is 14.3. The van der Waals surface area contributed by atoms with Crippen LogP contribution in [0.2, 0.25) is 10.0 Å². The molecule has 0 saturated heterocycles. The molecule has 0 radical (unpaired) electrons. The van der Waals surface area contributed by atoms with Gasteiger partial charge in [-0.1, -0.05) is 47.5 Å². The predicted octanol–water partition coefficient (Wildman–Crippen LogP) is 6.11. The van der Waals surface area contributed by atoms with Crippen LogP contribution in [0, 0.1) is 0 Å². The number of fused-ring (bicyclic) bond motifs is 1. The quantitative estimate of drug-likeness (QED) is 0.266. The van der Waals surface area contributed by atoms with Gasteiger partial charge >= 0.3 is 0 Å². The Morgan fingerprint density at radius 2 is 1.82 bits per heavy atom. The van der Waals surface area contributed by atoms with Crippen LogP contribution in [-0.4, -0.2) is 34.9 Å². The summed E-state index contributed by atoms with van der Waals surface area (Å²) in [4.78, 5) is 18.0. The van der Waals surface area contributed by atoms with Crippen molar-refractivity contribution in [1.29, 1.82) is 0 Å². The Kier molecular flexibility index (Phi) is 7.63. The highest BCUT2D eigenvalue weighted by Crippen LogP contribution is 2.39. The summed E-state index contributed by atoms with van der Waals surface area (Å²) >= 11 is 12.3. The van der Waals surface area contributed by atoms with Crippen molar-refractivity contribution >= 4 is 40.7 Å². The number of hydrogen-bond acceptors (Lipinski definition) is 7. The number of para-hydroxylation sites is 2. The fourth-order valence-corrected chi connectivity index (χ4v) is 4.86. The molecule has 11 heteroatoms. The maximum atomic E-state index is 13.7. The molecular weight excluding hydrogens is 541 g/mol. The minimum atomic E-state index is -0.591. The molecular formula is C28H25Cl2N5O4. The molecule has 1 aromatic heterocycles. The molecule has 5 rings (SSSR count). The predicted molar refractivity (Wildman–Crippen MR) is 150 cm³/mol. The van der Waals surface area contributed by atoms with E-state index in [1.54, 1.807) is 49.2 Å². The number of ether oxygens (including phenoxy) is 3. The molecule has 0 fully saturated rings. The lowest BCUT2D eigenvalue weighted by atomic mass is 9.94. The molecule has 0 bridgehead atoms. The number of carbonyl (C=O) groups excluding carboxylic acids is 1. The van der Waals surface area contributed by atoms with Crippen LogP contribution in [0.25, 0.3) is 0 Å². The Bertz CT molecular complexity index is 1570. The number of nitrogens with one attached hydrogen (secondary N) is 2. The monoisotopic (exact) mass is 565 g/mol. The maximum absolute atomic E-state index is 13.7. The van der Waals surface area contributed by atoms with Crippen molar-refractivity contribution in [2.24, 2.45) is 0 Å². The zero-order valence-corrected chi connectivity index (χ0v) is 22.9. The molecule has 39 heavy (non-hydrogen) atoms. The zero-order chi connectivity index (χ0) is 27.5. The van der Waals surface area contributed by atoms with Crippen LogP contribution in [0.4, 0.5) is 11.6 Å². The van der Waals surface area contributed by atoms with E-state index in [0.717, 1.165) is 11.1 Å². The number of nitrogens with zero attached hydrogens (tertiary/aromatic N) is 3. The van der Waals surface area contributed by atoms with Gasteiger partial charge in [0.25, 0.3) is 5.91 Å². The molecule has 1 aliphatic heterocycles. The van der Waals surface area contributed by atoms with E-state index in [0.29, 0.717) is 50.2 Å². The number of hydrogen-bond donors (Lipinski definition) is 2. The van der Waals surface area contributed by atoms with Crippen LogP contribution in [0.15, 0.2) is 78.3 Å². The number of carbonyl (C=O) groups is 1. The molecule has 0 saturated carbocycles. The molecule has 1 atom stereocenters. The van der Waals surface area contributed by atoms with Crippen molar-refractivity contribution in [3.63, 3.8) is 0 Å². The highest BCUT2D eigenvalue weighted by Gasteiger charge is 2.34. The number of methoxy groups -OCH3 is 2. The largest absolute Gasteiger partial charge is 0.495 e. The van der Waals surface area contributed by atoms with Crippen molar-refractivity contribution in [3.8, 4) is 17.2 Å². The number of benzene rings is 3. The van der Waals surface area contributed by atoms with Gasteiger partial charge < -0.3 is 24.8 Å². The van der Waals surface area contributed by atoms with Crippen molar-refractivity contribution in [3.05, 3.63) is 99.4 Å². The molecule has 1 amide bonds. The summed E-state index contributed by atoms with van der Waals surface area (Å²) in [6.07, 6.45) is 1.44. The Labute approximate surface area is 235 Å². The summed E-state index contributed by atoms with van der Waals surface area (Å²) in [6.45, 7) is 2.05. The third-order valence-electron chi connectivity index (χ3n) is 6.30. The second kappa shape index (κ2) is 11.3. The standard InChI is InChI=1S/C28H25Cl2N5O4/c1-16-25(27(36)34-21-6-4-5-7-22(21)37-2)26(35-28(33-16)31-15-32-35)17-9-11-23(24(12-17)38-3)39-14-18-8-10-19(29)13-20(18)30/h4-13,15,26H,14H2,1-3H3,(H,34,36)(H,31,32,33)/t26-/m0/s1. The Balaban J connectivity index is 1.48. The number of allylic oxidation sites excluding steroid dienone is 1. The van der Waals surface area contributed by atoms with Gasteiger partial charge in [0.1, 0.15) is 24.7 Å². The van der Waals surface area contributed by atoms with Crippen LogP contribution < -0.4 is 24.8 Å². The van der Waals surface area contributed by atoms with Crippen molar-refractivity contribution in [2.45, 2.75) is 19.6 Å². The lowest BCUT2D eigenvalue weighted by molar-refractivity contribution is -0.113. The molecule has 9 nitrogen and oxygen atoms in total. The number of amides is 1. The van der Waals surface area contributed by atoms with Gasteiger partial charge in [-0.05, 0) is 48.9 Å². The van der Waals surface area contributed by atoms with Crippen LogP contribution in [0.1, 0.15) is 24.1 Å². The van der Waals surface area contributed by atoms with Crippen LogP contribution in [0.5, 0.6) is 17.2 Å². The Morgan fingerprint density at radius 3 is 2.59 bits per heavy atom. The number of anilines is 2. The van der Waals surface area contributed by atoms with E-state index in [9.17, 15) is 4.79 Å². The van der Waals surface area contributed by atoms with E-state index < -0.39 is 6.04 Å². The number of halogens is 2. The van der Waals surface area contributed by atoms with Crippen molar-refractivity contribution < 1.29 is 19.0 Å². The molecule has 3 aromatic carbocycles. The molecule has 0 spiro atoms. The van der Waals surface area contributed by atoms with E-state index in [1.807, 2.05) is 37.3 Å². The van der Waals surface area contributed by atoms with Crippen molar-refractivity contribution in [2.75, 3.05) is 24.9 Å². The highest BCUT2D eigenvalue weighted by molar-refractivity contribution is 6.35. The Hall–Kier alpha value is -4.21. The summed E-state index contributed by atoms with van der Waals surface area (Å²) in [5.74, 6) is 1.76. The summed E-state index contributed by atoms with van der Waals surface area (Å²) in [5.41, 5.74) is 3.19. The van der Waals surface area contributed by atoms with Gasteiger partial charge in [0.15, 0.2) is 11.5 Å². The highest BCUT2D eigenvalue weighted by atomic mass is 35.5. The summed E-state index contributed by atoms with van der Waals surface area (Å²) < 4.78 is 18.8. The first-order chi connectivity index (χ1) is 18.9. The average molecular weight is 566 g/mol. The first-order valence-corrected chi connectivity index (χ1v) is 12.7. The third-order valence-corrected chi connectivity index (χ3v) is 6.88. The topological polar surface area (TPSA) is 99.5 Å². The van der Waals surface area contributed by atoms with E-state index in [-0.39, 0.29) is 12.5 Å². The van der Waals surface area contributed by atoms with Gasteiger partial charge in [0.2, 0.25) is 5.95 Å². The third kappa shape index (κ3) is 5.36. The second-order valence-corrected chi connectivity index (χ2v) is 9.53. The number of aromatic nitrogens is 3. The Morgan fingerprint density at radius 1 is 1.03 bits per heavy atom. The van der Waals surface area contributed by atoms with E-state index >= 15 is 0 Å². The lowest BCUT2D eigenvalue weighted by Crippen LogP contribution is -2.31. The molecule has 1 aliphatic rings. The SMILES string of the molecule is COc1ccccc1NC(=O)C1=C(C)Nc2ncnn2[C@H]1c1ccc(OCc2ccc(Cl)cc2Cl)c(OC)c1. The molecule has 2 N–H and O–H groups in total. The molecule has 4 aromatic rings. The minimum Gasteiger partial charge on any atom is -0.495 e. The molecule has 200 valence electrons. The van der Waals surface area contributed by atoms with Gasteiger partial charge in [0.05, 0.1) is 25.5 Å².